The molecule has 6 heteroatoms. The van der Waals surface area contributed by atoms with Crippen LogP contribution in [-0.2, 0) is 19.4 Å². The van der Waals surface area contributed by atoms with E-state index in [0.717, 1.165) is 42.4 Å². The van der Waals surface area contributed by atoms with Crippen LogP contribution in [0.3, 0.4) is 0 Å². The zero-order chi connectivity index (χ0) is 15.7. The van der Waals surface area contributed by atoms with Gasteiger partial charge in [-0.2, -0.15) is 10.1 Å². The largest absolute Gasteiger partial charge is 0.362 e. The van der Waals surface area contributed by atoms with Gasteiger partial charge in [-0.3, -0.25) is 5.10 Å². The fourth-order valence-electron chi connectivity index (χ4n) is 3.04. The van der Waals surface area contributed by atoms with Crippen molar-refractivity contribution in [2.45, 2.75) is 39.2 Å². The van der Waals surface area contributed by atoms with Crippen LogP contribution in [0.15, 0.2) is 6.20 Å². The molecule has 0 fully saturated rings. The molecule has 1 aliphatic rings. The highest BCUT2D eigenvalue weighted by atomic mass is 15.3. The predicted octanol–water partition coefficient (Wildman–Crippen LogP) is 2.09. The minimum absolute atomic E-state index is 0.738. The Kier molecular flexibility index (Phi) is 4.00. The molecule has 0 saturated heterocycles. The molecule has 1 N–H and O–H groups in total. The van der Waals surface area contributed by atoms with E-state index in [-0.39, 0.29) is 0 Å². The van der Waals surface area contributed by atoms with Crippen LogP contribution in [0, 0.1) is 6.92 Å². The van der Waals surface area contributed by atoms with Crippen molar-refractivity contribution in [1.82, 2.24) is 20.2 Å². The average Bonchev–Trinajstić information content (AvgIpc) is 2.90. The molecule has 3 rings (SSSR count). The maximum Gasteiger partial charge on any atom is 0.227 e. The van der Waals surface area contributed by atoms with Gasteiger partial charge < -0.3 is 9.80 Å². The molecule has 0 bridgehead atoms. The van der Waals surface area contributed by atoms with E-state index in [2.05, 4.69) is 25.1 Å². The normalized spacial score (nSPS) is 13.8. The SMILES string of the molecule is Cc1cnc(N(C)Cc2n[nH]c3c2CCCC3)nc1N(C)C. The van der Waals surface area contributed by atoms with E-state index in [1.165, 1.54) is 24.1 Å². The first-order valence-electron chi connectivity index (χ1n) is 7.83. The van der Waals surface area contributed by atoms with Gasteiger partial charge in [-0.25, -0.2) is 4.98 Å². The van der Waals surface area contributed by atoms with Crippen molar-refractivity contribution >= 4 is 11.8 Å². The molecular weight excluding hydrogens is 276 g/mol. The number of rotatable bonds is 4. The van der Waals surface area contributed by atoms with Crippen LogP contribution in [-0.4, -0.2) is 41.3 Å². The Balaban J connectivity index is 1.81. The summed E-state index contributed by atoms with van der Waals surface area (Å²) in [5.74, 6) is 1.70. The highest BCUT2D eigenvalue weighted by Gasteiger charge is 2.19. The molecule has 1 aliphatic carbocycles. The van der Waals surface area contributed by atoms with E-state index in [1.807, 2.05) is 39.2 Å². The number of aromatic amines is 1. The van der Waals surface area contributed by atoms with E-state index >= 15 is 0 Å². The summed E-state index contributed by atoms with van der Waals surface area (Å²) in [6.07, 6.45) is 6.66. The van der Waals surface area contributed by atoms with Gasteiger partial charge in [0.2, 0.25) is 5.95 Å². The van der Waals surface area contributed by atoms with E-state index in [0.29, 0.717) is 0 Å². The molecule has 2 aromatic rings. The second-order valence-corrected chi connectivity index (χ2v) is 6.26. The summed E-state index contributed by atoms with van der Waals surface area (Å²) in [5, 5.41) is 7.70. The van der Waals surface area contributed by atoms with E-state index in [9.17, 15) is 0 Å². The molecule has 0 aliphatic heterocycles. The number of anilines is 2. The van der Waals surface area contributed by atoms with Gasteiger partial charge in [0.25, 0.3) is 0 Å². The molecule has 118 valence electrons. The van der Waals surface area contributed by atoms with E-state index in [4.69, 9.17) is 0 Å². The number of fused-ring (bicyclic) bond motifs is 1. The Hall–Kier alpha value is -2.11. The zero-order valence-corrected chi connectivity index (χ0v) is 13.8. The maximum atomic E-state index is 4.67. The first-order chi connectivity index (χ1) is 10.6. The number of H-pyrrole nitrogens is 1. The fourth-order valence-corrected chi connectivity index (χ4v) is 3.04. The van der Waals surface area contributed by atoms with Crippen LogP contribution in [0.25, 0.3) is 0 Å². The highest BCUT2D eigenvalue weighted by molar-refractivity contribution is 5.48. The quantitative estimate of drug-likeness (QED) is 0.937. The van der Waals surface area contributed by atoms with Gasteiger partial charge in [0.15, 0.2) is 0 Å². The first kappa shape index (κ1) is 14.8. The third kappa shape index (κ3) is 2.77. The average molecular weight is 300 g/mol. The van der Waals surface area contributed by atoms with Gasteiger partial charge in [-0.05, 0) is 38.2 Å². The first-order valence-corrected chi connectivity index (χ1v) is 7.83. The third-order valence-electron chi connectivity index (χ3n) is 4.23. The summed E-state index contributed by atoms with van der Waals surface area (Å²) in [7, 11) is 6.03. The second-order valence-electron chi connectivity index (χ2n) is 6.26. The summed E-state index contributed by atoms with van der Waals surface area (Å²) in [5.41, 5.74) is 4.93. The van der Waals surface area contributed by atoms with Crippen LogP contribution in [0.1, 0.15) is 35.4 Å². The third-order valence-corrected chi connectivity index (χ3v) is 4.23. The Bertz CT molecular complexity index is 661. The lowest BCUT2D eigenvalue weighted by Crippen LogP contribution is -2.22. The van der Waals surface area contributed by atoms with Crippen molar-refractivity contribution in [3.05, 3.63) is 28.7 Å². The molecular formula is C16H24N6. The molecule has 22 heavy (non-hydrogen) atoms. The minimum atomic E-state index is 0.738. The molecule has 0 atom stereocenters. The molecule has 0 spiro atoms. The van der Waals surface area contributed by atoms with Gasteiger partial charge >= 0.3 is 0 Å². The summed E-state index contributed by atoms with van der Waals surface area (Å²) >= 11 is 0. The van der Waals surface area contributed by atoms with Crippen molar-refractivity contribution < 1.29 is 0 Å². The van der Waals surface area contributed by atoms with Crippen molar-refractivity contribution in [2.24, 2.45) is 0 Å². The fraction of sp³-hybridized carbons (Fsp3) is 0.562. The Morgan fingerprint density at radius 2 is 1.95 bits per heavy atom. The van der Waals surface area contributed by atoms with Crippen molar-refractivity contribution in [1.29, 1.82) is 0 Å². The number of hydrogen-bond acceptors (Lipinski definition) is 5. The number of aryl methyl sites for hydroxylation is 2. The maximum absolute atomic E-state index is 4.67. The van der Waals surface area contributed by atoms with Crippen LogP contribution in [0.2, 0.25) is 0 Å². The van der Waals surface area contributed by atoms with Gasteiger partial charge in [0, 0.05) is 38.6 Å². The Morgan fingerprint density at radius 3 is 2.73 bits per heavy atom. The second kappa shape index (κ2) is 5.94. The van der Waals surface area contributed by atoms with Crippen molar-refractivity contribution in [3.8, 4) is 0 Å². The molecule has 2 aromatic heterocycles. The number of hydrogen-bond donors (Lipinski definition) is 1. The standard InChI is InChI=1S/C16H24N6/c1-11-9-17-16(18-15(11)21(2)3)22(4)10-14-12-7-5-6-8-13(12)19-20-14/h9H,5-8,10H2,1-4H3,(H,19,20). The highest BCUT2D eigenvalue weighted by Crippen LogP contribution is 2.24. The van der Waals surface area contributed by atoms with Gasteiger partial charge in [-0.15, -0.1) is 0 Å². The molecule has 0 aromatic carbocycles. The molecule has 0 radical (unpaired) electrons. The van der Waals surface area contributed by atoms with Gasteiger partial charge in [-0.1, -0.05) is 0 Å². The zero-order valence-electron chi connectivity index (χ0n) is 13.8. The van der Waals surface area contributed by atoms with Crippen LogP contribution in [0.4, 0.5) is 11.8 Å². The molecule has 6 nitrogen and oxygen atoms in total. The number of nitrogens with one attached hydrogen (secondary N) is 1. The van der Waals surface area contributed by atoms with Crippen molar-refractivity contribution in [3.63, 3.8) is 0 Å². The monoisotopic (exact) mass is 300 g/mol. The summed E-state index contributed by atoms with van der Waals surface area (Å²) in [4.78, 5) is 13.2. The summed E-state index contributed by atoms with van der Waals surface area (Å²) < 4.78 is 0. The van der Waals surface area contributed by atoms with Crippen LogP contribution in [0.5, 0.6) is 0 Å². The van der Waals surface area contributed by atoms with Crippen molar-refractivity contribution in [2.75, 3.05) is 30.9 Å². The molecule has 0 amide bonds. The lowest BCUT2D eigenvalue weighted by molar-refractivity contribution is 0.671. The summed E-state index contributed by atoms with van der Waals surface area (Å²) in [6.45, 7) is 2.77. The predicted molar refractivity (Wildman–Crippen MR) is 88.4 cm³/mol. The van der Waals surface area contributed by atoms with E-state index in [1.54, 1.807) is 0 Å². The number of aromatic nitrogens is 4. The molecule has 0 saturated carbocycles. The smallest absolute Gasteiger partial charge is 0.227 e. The lowest BCUT2D eigenvalue weighted by atomic mass is 9.96. The van der Waals surface area contributed by atoms with E-state index < -0.39 is 0 Å². The summed E-state index contributed by atoms with van der Waals surface area (Å²) in [6, 6.07) is 0. The minimum Gasteiger partial charge on any atom is -0.362 e. The topological polar surface area (TPSA) is 60.9 Å². The van der Waals surface area contributed by atoms with Crippen LogP contribution < -0.4 is 9.80 Å². The molecule has 2 heterocycles. The Labute approximate surface area is 131 Å². The van der Waals surface area contributed by atoms with Crippen LogP contribution >= 0.6 is 0 Å². The molecule has 0 unspecified atom stereocenters. The Morgan fingerprint density at radius 1 is 1.18 bits per heavy atom. The van der Waals surface area contributed by atoms with Gasteiger partial charge in [0.05, 0.1) is 12.2 Å². The number of nitrogens with zero attached hydrogens (tertiary/aromatic N) is 5. The lowest BCUT2D eigenvalue weighted by Gasteiger charge is -2.20. The van der Waals surface area contributed by atoms with Gasteiger partial charge in [0.1, 0.15) is 5.82 Å².